The van der Waals surface area contributed by atoms with Gasteiger partial charge in [0.15, 0.2) is 0 Å². The second-order valence-electron chi connectivity index (χ2n) is 9.04. The lowest BCUT2D eigenvalue weighted by Gasteiger charge is -2.34. The Morgan fingerprint density at radius 1 is 0.969 bits per heavy atom. The standard InChI is InChI=1S/C25H33N3O3S/c1-20-8-5-6-13-24(20)26-25(29)22-11-7-12-23(18-22)32(30,31)28-16-14-27(15-17-28)19-21-9-3-2-4-10-21/h2-4,7,9-12,18,20,24H,5-6,8,13-17,19H2,1H3,(H,26,29)/t20-,24+/m1/s1. The van der Waals surface area contributed by atoms with Crippen LogP contribution in [-0.4, -0.2) is 55.8 Å². The molecule has 1 saturated heterocycles. The third-order valence-corrected chi connectivity index (χ3v) is 8.64. The second kappa shape index (κ2) is 10.1. The number of benzene rings is 2. The molecule has 6 nitrogen and oxygen atoms in total. The van der Waals surface area contributed by atoms with Crippen LogP contribution in [0.4, 0.5) is 0 Å². The molecule has 0 spiro atoms. The number of hydrogen-bond acceptors (Lipinski definition) is 4. The number of nitrogens with one attached hydrogen (secondary N) is 1. The summed E-state index contributed by atoms with van der Waals surface area (Å²) in [6, 6.07) is 16.9. The molecule has 2 aromatic carbocycles. The lowest BCUT2D eigenvalue weighted by molar-refractivity contribution is 0.0910. The van der Waals surface area contributed by atoms with Crippen LogP contribution in [0.15, 0.2) is 59.5 Å². The summed E-state index contributed by atoms with van der Waals surface area (Å²) in [7, 11) is -3.63. The van der Waals surface area contributed by atoms with E-state index in [4.69, 9.17) is 0 Å². The average molecular weight is 456 g/mol. The van der Waals surface area contributed by atoms with Crippen molar-refractivity contribution < 1.29 is 13.2 Å². The maximum atomic E-state index is 13.2. The molecular formula is C25H33N3O3S. The molecule has 32 heavy (non-hydrogen) atoms. The van der Waals surface area contributed by atoms with Gasteiger partial charge in [0, 0.05) is 44.3 Å². The topological polar surface area (TPSA) is 69.7 Å². The number of nitrogens with zero attached hydrogens (tertiary/aromatic N) is 2. The second-order valence-corrected chi connectivity index (χ2v) is 11.0. The molecule has 1 aliphatic carbocycles. The maximum absolute atomic E-state index is 13.2. The predicted octanol–water partition coefficient (Wildman–Crippen LogP) is 3.50. The number of hydrogen-bond donors (Lipinski definition) is 1. The Morgan fingerprint density at radius 3 is 2.41 bits per heavy atom. The molecule has 172 valence electrons. The first kappa shape index (κ1) is 23.0. The zero-order chi connectivity index (χ0) is 22.6. The third-order valence-electron chi connectivity index (χ3n) is 6.74. The first-order valence-electron chi connectivity index (χ1n) is 11.6. The summed E-state index contributed by atoms with van der Waals surface area (Å²) < 4.78 is 28.0. The van der Waals surface area contributed by atoms with Gasteiger partial charge in [-0.1, -0.05) is 56.2 Å². The minimum Gasteiger partial charge on any atom is -0.349 e. The molecule has 1 saturated carbocycles. The summed E-state index contributed by atoms with van der Waals surface area (Å²) in [5.41, 5.74) is 1.64. The van der Waals surface area contributed by atoms with Gasteiger partial charge in [-0.2, -0.15) is 4.31 Å². The molecule has 1 amide bonds. The summed E-state index contributed by atoms with van der Waals surface area (Å²) in [4.78, 5) is 15.3. The van der Waals surface area contributed by atoms with E-state index in [9.17, 15) is 13.2 Å². The van der Waals surface area contributed by atoms with Crippen LogP contribution in [0.25, 0.3) is 0 Å². The van der Waals surface area contributed by atoms with Crippen molar-refractivity contribution in [2.45, 2.75) is 50.1 Å². The molecule has 4 rings (SSSR count). The van der Waals surface area contributed by atoms with Crippen LogP contribution in [0, 0.1) is 5.92 Å². The Bertz CT molecular complexity index is 1020. The summed E-state index contributed by atoms with van der Waals surface area (Å²) in [5.74, 6) is 0.264. The zero-order valence-corrected chi connectivity index (χ0v) is 19.6. The number of rotatable bonds is 6. The first-order valence-corrected chi connectivity index (χ1v) is 13.0. The van der Waals surface area contributed by atoms with Gasteiger partial charge >= 0.3 is 0 Å². The molecule has 1 N–H and O–H groups in total. The monoisotopic (exact) mass is 455 g/mol. The average Bonchev–Trinajstić information content (AvgIpc) is 2.82. The van der Waals surface area contributed by atoms with Gasteiger partial charge in [0.1, 0.15) is 0 Å². The van der Waals surface area contributed by atoms with Gasteiger partial charge in [-0.25, -0.2) is 8.42 Å². The highest BCUT2D eigenvalue weighted by Crippen LogP contribution is 2.25. The Hall–Kier alpha value is -2.22. The van der Waals surface area contributed by atoms with Crippen LogP contribution in [-0.2, 0) is 16.6 Å². The Kier molecular flexibility index (Phi) is 7.28. The molecule has 0 bridgehead atoms. The molecule has 2 aliphatic rings. The summed E-state index contributed by atoms with van der Waals surface area (Å²) >= 11 is 0. The minimum atomic E-state index is -3.63. The van der Waals surface area contributed by atoms with E-state index in [1.807, 2.05) is 18.2 Å². The number of amides is 1. The first-order chi connectivity index (χ1) is 15.4. The fraction of sp³-hybridized carbons (Fsp3) is 0.480. The molecule has 0 radical (unpaired) electrons. The third kappa shape index (κ3) is 5.39. The molecule has 0 unspecified atom stereocenters. The van der Waals surface area contributed by atoms with Gasteiger partial charge in [-0.3, -0.25) is 9.69 Å². The smallest absolute Gasteiger partial charge is 0.251 e. The van der Waals surface area contributed by atoms with E-state index >= 15 is 0 Å². The molecule has 7 heteroatoms. The van der Waals surface area contributed by atoms with E-state index in [2.05, 4.69) is 29.3 Å². The van der Waals surface area contributed by atoms with Gasteiger partial charge in [-0.15, -0.1) is 0 Å². The molecular weight excluding hydrogens is 422 g/mol. The SMILES string of the molecule is C[C@@H]1CCCC[C@@H]1NC(=O)c1cccc(S(=O)(=O)N2CCN(Cc3ccccc3)CC2)c1. The van der Waals surface area contributed by atoms with E-state index in [0.717, 1.165) is 25.8 Å². The Balaban J connectivity index is 1.39. The van der Waals surface area contributed by atoms with Crippen LogP contribution >= 0.6 is 0 Å². The fourth-order valence-corrected chi connectivity index (χ4v) is 6.17. The van der Waals surface area contributed by atoms with Gasteiger partial charge in [0.25, 0.3) is 5.91 Å². The van der Waals surface area contributed by atoms with Crippen LogP contribution in [0.1, 0.15) is 48.5 Å². The number of carbonyl (C=O) groups is 1. The normalized spacial score (nSPS) is 23.0. The minimum absolute atomic E-state index is 0.161. The van der Waals surface area contributed by atoms with E-state index in [1.54, 1.807) is 18.2 Å². The van der Waals surface area contributed by atoms with Crippen molar-refractivity contribution >= 4 is 15.9 Å². The van der Waals surface area contributed by atoms with Crippen molar-refractivity contribution in [1.82, 2.24) is 14.5 Å². The number of carbonyl (C=O) groups excluding carboxylic acids is 1. The molecule has 1 heterocycles. The zero-order valence-electron chi connectivity index (χ0n) is 18.7. The van der Waals surface area contributed by atoms with Crippen molar-refractivity contribution in [3.8, 4) is 0 Å². The summed E-state index contributed by atoms with van der Waals surface area (Å²) in [5, 5.41) is 3.12. The van der Waals surface area contributed by atoms with Crippen LogP contribution in [0.5, 0.6) is 0 Å². The maximum Gasteiger partial charge on any atom is 0.251 e. The molecule has 2 aromatic rings. The molecule has 0 aromatic heterocycles. The summed E-state index contributed by atoms with van der Waals surface area (Å²) in [6.07, 6.45) is 4.44. The van der Waals surface area contributed by atoms with Crippen LogP contribution in [0.3, 0.4) is 0 Å². The lowest BCUT2D eigenvalue weighted by Crippen LogP contribution is -2.48. The van der Waals surface area contributed by atoms with Gasteiger partial charge in [-0.05, 0) is 42.5 Å². The van der Waals surface area contributed by atoms with Crippen molar-refractivity contribution in [2.75, 3.05) is 26.2 Å². The highest BCUT2D eigenvalue weighted by Gasteiger charge is 2.29. The van der Waals surface area contributed by atoms with Crippen LogP contribution in [0.2, 0.25) is 0 Å². The van der Waals surface area contributed by atoms with Gasteiger partial charge in [0.2, 0.25) is 10.0 Å². The number of sulfonamides is 1. The van der Waals surface area contributed by atoms with Gasteiger partial charge < -0.3 is 5.32 Å². The lowest BCUT2D eigenvalue weighted by atomic mass is 9.86. The molecule has 2 fully saturated rings. The Morgan fingerprint density at radius 2 is 1.69 bits per heavy atom. The van der Waals surface area contributed by atoms with E-state index < -0.39 is 10.0 Å². The molecule has 2 atom stereocenters. The van der Waals surface area contributed by atoms with E-state index in [0.29, 0.717) is 37.7 Å². The highest BCUT2D eigenvalue weighted by molar-refractivity contribution is 7.89. The van der Waals surface area contributed by atoms with E-state index in [1.165, 1.54) is 22.4 Å². The van der Waals surface area contributed by atoms with E-state index in [-0.39, 0.29) is 16.8 Å². The van der Waals surface area contributed by atoms with Crippen molar-refractivity contribution in [3.63, 3.8) is 0 Å². The van der Waals surface area contributed by atoms with Crippen LogP contribution < -0.4 is 5.32 Å². The summed E-state index contributed by atoms with van der Waals surface area (Å²) in [6.45, 7) is 5.27. The molecule has 1 aliphatic heterocycles. The highest BCUT2D eigenvalue weighted by atomic mass is 32.2. The largest absolute Gasteiger partial charge is 0.349 e. The quantitative estimate of drug-likeness (QED) is 0.724. The fourth-order valence-electron chi connectivity index (χ4n) is 4.70. The van der Waals surface area contributed by atoms with Crippen molar-refractivity contribution in [3.05, 3.63) is 65.7 Å². The van der Waals surface area contributed by atoms with Crippen molar-refractivity contribution in [2.24, 2.45) is 5.92 Å². The predicted molar refractivity (Wildman–Crippen MR) is 126 cm³/mol. The Labute approximate surface area is 191 Å². The van der Waals surface area contributed by atoms with Crippen molar-refractivity contribution in [1.29, 1.82) is 0 Å². The van der Waals surface area contributed by atoms with Gasteiger partial charge in [0.05, 0.1) is 4.90 Å². The number of piperazine rings is 1.